The summed E-state index contributed by atoms with van der Waals surface area (Å²) in [7, 11) is 0. The predicted molar refractivity (Wildman–Crippen MR) is 103 cm³/mol. The molecule has 1 unspecified atom stereocenters. The normalized spacial score (nSPS) is 16.5. The molecule has 1 saturated heterocycles. The zero-order chi connectivity index (χ0) is 18.4. The second-order valence-corrected chi connectivity index (χ2v) is 7.09. The second kappa shape index (κ2) is 9.26. The maximum Gasteiger partial charge on any atom is 0.260 e. The van der Waals surface area contributed by atoms with Crippen LogP contribution in [0.15, 0.2) is 48.5 Å². The van der Waals surface area contributed by atoms with Gasteiger partial charge in [-0.05, 0) is 42.7 Å². The molecule has 0 spiro atoms. The van der Waals surface area contributed by atoms with E-state index >= 15 is 0 Å². The average molecular weight is 394 g/mol. The highest BCUT2D eigenvalue weighted by atomic mass is 35.5. The lowest BCUT2D eigenvalue weighted by molar-refractivity contribution is -0.135. The van der Waals surface area contributed by atoms with Crippen LogP contribution in [-0.4, -0.2) is 36.7 Å². The molecule has 1 amide bonds. The van der Waals surface area contributed by atoms with Gasteiger partial charge >= 0.3 is 0 Å². The van der Waals surface area contributed by atoms with Crippen molar-refractivity contribution in [3.05, 3.63) is 64.1 Å². The van der Waals surface area contributed by atoms with Crippen molar-refractivity contribution < 1.29 is 14.3 Å². The first-order chi connectivity index (χ1) is 12.6. The number of para-hydroxylation sites is 1. The molecule has 6 heteroatoms. The maximum atomic E-state index is 12.8. The van der Waals surface area contributed by atoms with Crippen LogP contribution < -0.4 is 4.74 Å². The Bertz CT molecular complexity index is 733. The summed E-state index contributed by atoms with van der Waals surface area (Å²) in [4.78, 5) is 14.5. The Morgan fingerprint density at radius 1 is 1.19 bits per heavy atom. The number of hydrogen-bond donors (Lipinski definition) is 0. The smallest absolute Gasteiger partial charge is 0.260 e. The van der Waals surface area contributed by atoms with Gasteiger partial charge in [-0.15, -0.1) is 0 Å². The summed E-state index contributed by atoms with van der Waals surface area (Å²) >= 11 is 12.2. The number of halogens is 2. The van der Waals surface area contributed by atoms with E-state index in [2.05, 4.69) is 0 Å². The van der Waals surface area contributed by atoms with Gasteiger partial charge in [-0.1, -0.05) is 47.5 Å². The Hall–Kier alpha value is -1.75. The van der Waals surface area contributed by atoms with E-state index in [0.29, 0.717) is 28.9 Å². The molecular weight excluding hydrogens is 373 g/mol. The molecular formula is C20H21Cl2NO3. The Morgan fingerprint density at radius 2 is 2.00 bits per heavy atom. The number of hydrogen-bond acceptors (Lipinski definition) is 3. The number of amides is 1. The van der Waals surface area contributed by atoms with E-state index in [1.807, 2.05) is 36.4 Å². The van der Waals surface area contributed by atoms with Crippen molar-refractivity contribution in [2.75, 3.05) is 19.8 Å². The molecule has 1 aliphatic heterocycles. The first-order valence-corrected chi connectivity index (χ1v) is 9.38. The van der Waals surface area contributed by atoms with Gasteiger partial charge in [0.2, 0.25) is 0 Å². The maximum absolute atomic E-state index is 12.8. The summed E-state index contributed by atoms with van der Waals surface area (Å²) in [6.45, 7) is 1.64. The lowest BCUT2D eigenvalue weighted by atomic mass is 10.1. The molecule has 0 N–H and O–H groups in total. The van der Waals surface area contributed by atoms with Crippen LogP contribution in [0.3, 0.4) is 0 Å². The van der Waals surface area contributed by atoms with E-state index in [-0.39, 0.29) is 18.6 Å². The van der Waals surface area contributed by atoms with E-state index in [0.717, 1.165) is 25.0 Å². The van der Waals surface area contributed by atoms with E-state index < -0.39 is 0 Å². The number of benzene rings is 2. The fourth-order valence-electron chi connectivity index (χ4n) is 2.90. The average Bonchev–Trinajstić information content (AvgIpc) is 3.15. The molecule has 4 nitrogen and oxygen atoms in total. The van der Waals surface area contributed by atoms with Crippen molar-refractivity contribution in [1.29, 1.82) is 0 Å². The van der Waals surface area contributed by atoms with Gasteiger partial charge in [0.25, 0.3) is 5.91 Å². The van der Waals surface area contributed by atoms with E-state index in [4.69, 9.17) is 32.7 Å². The third kappa shape index (κ3) is 5.37. The lowest BCUT2D eigenvalue weighted by Crippen LogP contribution is -2.39. The van der Waals surface area contributed by atoms with Crippen molar-refractivity contribution in [2.45, 2.75) is 25.5 Å². The molecule has 138 valence electrons. The molecule has 0 bridgehead atoms. The van der Waals surface area contributed by atoms with Crippen LogP contribution in [0.1, 0.15) is 18.4 Å². The zero-order valence-corrected chi connectivity index (χ0v) is 15.9. The summed E-state index contributed by atoms with van der Waals surface area (Å²) in [6, 6.07) is 14.6. The SMILES string of the molecule is O=C(COc1ccccc1)N(Cc1ccc(Cl)cc1Cl)CC1CCCO1. The van der Waals surface area contributed by atoms with Crippen LogP contribution in [-0.2, 0) is 16.1 Å². The van der Waals surface area contributed by atoms with Gasteiger partial charge in [-0.2, -0.15) is 0 Å². The third-order valence-corrected chi connectivity index (χ3v) is 4.87. The summed E-state index contributed by atoms with van der Waals surface area (Å²) in [6.07, 6.45) is 2.04. The summed E-state index contributed by atoms with van der Waals surface area (Å²) in [5.74, 6) is 0.567. The minimum atomic E-state index is -0.102. The topological polar surface area (TPSA) is 38.8 Å². The van der Waals surface area contributed by atoms with Crippen LogP contribution in [0.2, 0.25) is 10.0 Å². The number of ether oxygens (including phenoxy) is 2. The van der Waals surface area contributed by atoms with Crippen LogP contribution >= 0.6 is 23.2 Å². The van der Waals surface area contributed by atoms with Crippen LogP contribution in [0.25, 0.3) is 0 Å². The first kappa shape index (κ1) is 19.0. The number of nitrogens with zero attached hydrogens (tertiary/aromatic N) is 1. The largest absolute Gasteiger partial charge is 0.484 e. The van der Waals surface area contributed by atoms with Crippen LogP contribution in [0, 0.1) is 0 Å². The molecule has 1 heterocycles. The number of rotatable bonds is 7. The van der Waals surface area contributed by atoms with E-state index in [9.17, 15) is 4.79 Å². The molecule has 1 atom stereocenters. The zero-order valence-electron chi connectivity index (χ0n) is 14.4. The Morgan fingerprint density at radius 3 is 2.69 bits per heavy atom. The van der Waals surface area contributed by atoms with Crippen molar-refractivity contribution in [3.63, 3.8) is 0 Å². The van der Waals surface area contributed by atoms with Crippen LogP contribution in [0.4, 0.5) is 0 Å². The van der Waals surface area contributed by atoms with Gasteiger partial charge in [0.15, 0.2) is 6.61 Å². The van der Waals surface area contributed by atoms with E-state index in [1.165, 1.54) is 0 Å². The van der Waals surface area contributed by atoms with Crippen molar-refractivity contribution in [2.24, 2.45) is 0 Å². The highest BCUT2D eigenvalue weighted by Gasteiger charge is 2.23. The predicted octanol–water partition coefficient (Wildman–Crippen LogP) is 4.58. The quantitative estimate of drug-likeness (QED) is 0.690. The molecule has 1 fully saturated rings. The molecule has 3 rings (SSSR count). The summed E-state index contributed by atoms with van der Waals surface area (Å²) in [5, 5.41) is 1.12. The Balaban J connectivity index is 1.68. The van der Waals surface area contributed by atoms with Gasteiger partial charge in [-0.25, -0.2) is 0 Å². The van der Waals surface area contributed by atoms with Crippen molar-refractivity contribution in [1.82, 2.24) is 4.90 Å². The molecule has 0 saturated carbocycles. The number of carbonyl (C=O) groups excluding carboxylic acids is 1. The second-order valence-electron chi connectivity index (χ2n) is 6.25. The highest BCUT2D eigenvalue weighted by molar-refractivity contribution is 6.35. The fraction of sp³-hybridized carbons (Fsp3) is 0.350. The Kier molecular flexibility index (Phi) is 6.78. The molecule has 2 aromatic carbocycles. The van der Waals surface area contributed by atoms with Gasteiger partial charge in [0.05, 0.1) is 6.10 Å². The molecule has 1 aliphatic rings. The number of carbonyl (C=O) groups is 1. The van der Waals surface area contributed by atoms with Crippen molar-refractivity contribution in [3.8, 4) is 5.75 Å². The summed E-state index contributed by atoms with van der Waals surface area (Å²) < 4.78 is 11.3. The van der Waals surface area contributed by atoms with Crippen LogP contribution in [0.5, 0.6) is 5.75 Å². The monoisotopic (exact) mass is 393 g/mol. The molecule has 0 aromatic heterocycles. The molecule has 0 radical (unpaired) electrons. The minimum Gasteiger partial charge on any atom is -0.484 e. The third-order valence-electron chi connectivity index (χ3n) is 4.28. The van der Waals surface area contributed by atoms with Crippen molar-refractivity contribution >= 4 is 29.1 Å². The van der Waals surface area contributed by atoms with Gasteiger partial charge < -0.3 is 14.4 Å². The molecule has 0 aliphatic carbocycles. The molecule has 26 heavy (non-hydrogen) atoms. The lowest BCUT2D eigenvalue weighted by Gasteiger charge is -2.26. The first-order valence-electron chi connectivity index (χ1n) is 8.63. The summed E-state index contributed by atoms with van der Waals surface area (Å²) in [5.41, 5.74) is 0.849. The van der Waals surface area contributed by atoms with Gasteiger partial charge in [-0.3, -0.25) is 4.79 Å². The van der Waals surface area contributed by atoms with E-state index in [1.54, 1.807) is 17.0 Å². The highest BCUT2D eigenvalue weighted by Crippen LogP contribution is 2.23. The fourth-order valence-corrected chi connectivity index (χ4v) is 3.37. The minimum absolute atomic E-state index is 0.0259. The van der Waals surface area contributed by atoms with Gasteiger partial charge in [0, 0.05) is 29.7 Å². The van der Waals surface area contributed by atoms with Gasteiger partial charge in [0.1, 0.15) is 5.75 Å². The standard InChI is InChI=1S/C20H21Cl2NO3/c21-16-9-8-15(19(22)11-16)12-23(13-18-7-4-10-25-18)20(24)14-26-17-5-2-1-3-6-17/h1-3,5-6,8-9,11,18H,4,7,10,12-14H2. The Labute approximate surface area is 163 Å². The molecule has 2 aromatic rings.